The molecule has 0 saturated heterocycles. The molecule has 1 unspecified atom stereocenters. The molecule has 1 atom stereocenters. The molecular formula is C12H25O4P. The van der Waals surface area contributed by atoms with Gasteiger partial charge in [-0.1, -0.05) is 40.2 Å². The van der Waals surface area contributed by atoms with Gasteiger partial charge >= 0.3 is 7.60 Å². The van der Waals surface area contributed by atoms with Crippen LogP contribution in [0.1, 0.15) is 52.9 Å². The number of aliphatic hydroxyl groups excluding tert-OH is 1. The molecule has 0 bridgehead atoms. The predicted molar refractivity (Wildman–Crippen MR) is 70.1 cm³/mol. The first-order valence-corrected chi connectivity index (χ1v) is 7.81. The number of unbranched alkanes of at least 4 members (excludes halogenated alkanes) is 1. The van der Waals surface area contributed by atoms with Crippen LogP contribution < -0.4 is 0 Å². The van der Waals surface area contributed by atoms with Crippen molar-refractivity contribution >= 4 is 7.60 Å². The molecule has 0 aromatic rings. The summed E-state index contributed by atoms with van der Waals surface area (Å²) in [4.78, 5) is 19.2. The van der Waals surface area contributed by atoms with Gasteiger partial charge in [-0.3, -0.25) is 4.57 Å². The van der Waals surface area contributed by atoms with Crippen molar-refractivity contribution < 1.29 is 19.5 Å². The number of hydrogen-bond acceptors (Lipinski definition) is 2. The Kier molecular flexibility index (Phi) is 6.46. The third-order valence-electron chi connectivity index (χ3n) is 3.70. The maximum Gasteiger partial charge on any atom is 0.332 e. The Hall–Kier alpha value is -0.310. The fourth-order valence-corrected chi connectivity index (χ4v) is 4.02. The molecule has 0 heterocycles. The summed E-state index contributed by atoms with van der Waals surface area (Å²) >= 11 is 0. The van der Waals surface area contributed by atoms with E-state index in [0.717, 1.165) is 12.8 Å². The van der Waals surface area contributed by atoms with Crippen LogP contribution in [-0.2, 0) is 4.57 Å². The van der Waals surface area contributed by atoms with Crippen LogP contribution in [0.3, 0.4) is 0 Å². The van der Waals surface area contributed by atoms with E-state index in [1.807, 2.05) is 6.92 Å². The van der Waals surface area contributed by atoms with Crippen molar-refractivity contribution in [3.05, 3.63) is 12.3 Å². The van der Waals surface area contributed by atoms with Gasteiger partial charge in [0.15, 0.2) is 0 Å². The minimum absolute atomic E-state index is 0.106. The normalized spacial score (nSPS) is 14.6. The Morgan fingerprint density at radius 2 is 1.76 bits per heavy atom. The Morgan fingerprint density at radius 1 is 1.29 bits per heavy atom. The van der Waals surface area contributed by atoms with E-state index in [4.69, 9.17) is 0 Å². The molecule has 5 heteroatoms. The van der Waals surface area contributed by atoms with Crippen molar-refractivity contribution in [2.24, 2.45) is 5.92 Å². The summed E-state index contributed by atoms with van der Waals surface area (Å²) in [6.07, 6.45) is 2.99. The molecule has 0 spiro atoms. The topological polar surface area (TPSA) is 77.8 Å². The van der Waals surface area contributed by atoms with Crippen LogP contribution >= 0.6 is 7.60 Å². The second-order valence-corrected chi connectivity index (χ2v) is 6.52. The number of rotatable bonds is 8. The standard InChI is InChI=1S/C12H25O4P/c1-5-8-9-11(10(4)13)12(6-2,7-3)17(14,15)16/h11,13H,4-9H2,1-3H3,(H2,14,15,16). The average molecular weight is 264 g/mol. The zero-order valence-electron chi connectivity index (χ0n) is 11.0. The quantitative estimate of drug-likeness (QED) is 0.462. The molecule has 0 aliphatic heterocycles. The van der Waals surface area contributed by atoms with E-state index in [-0.39, 0.29) is 5.76 Å². The van der Waals surface area contributed by atoms with Crippen molar-refractivity contribution in [3.63, 3.8) is 0 Å². The average Bonchev–Trinajstić information content (AvgIpc) is 2.22. The highest BCUT2D eigenvalue weighted by Crippen LogP contribution is 2.60. The second-order valence-electron chi connectivity index (χ2n) is 4.54. The van der Waals surface area contributed by atoms with Crippen LogP contribution in [0, 0.1) is 5.92 Å². The number of allylic oxidation sites excluding steroid dienone is 1. The molecule has 102 valence electrons. The third-order valence-corrected chi connectivity index (χ3v) is 5.81. The summed E-state index contributed by atoms with van der Waals surface area (Å²) < 4.78 is 11.8. The highest BCUT2D eigenvalue weighted by atomic mass is 31.2. The molecule has 0 amide bonds. The van der Waals surface area contributed by atoms with Crippen LogP contribution in [-0.4, -0.2) is 20.0 Å². The summed E-state index contributed by atoms with van der Waals surface area (Å²) in [5.74, 6) is -0.635. The lowest BCUT2D eigenvalue weighted by Gasteiger charge is -2.39. The summed E-state index contributed by atoms with van der Waals surface area (Å²) in [6, 6.07) is 0. The monoisotopic (exact) mass is 264 g/mol. The molecule has 0 aliphatic rings. The summed E-state index contributed by atoms with van der Waals surface area (Å²) in [5.41, 5.74) is 0. The molecule has 0 aliphatic carbocycles. The van der Waals surface area contributed by atoms with Gasteiger partial charge in [0, 0.05) is 5.92 Å². The van der Waals surface area contributed by atoms with Gasteiger partial charge in [-0.05, 0) is 19.3 Å². The van der Waals surface area contributed by atoms with Gasteiger partial charge in [-0.2, -0.15) is 0 Å². The van der Waals surface area contributed by atoms with Gasteiger partial charge in [-0.15, -0.1) is 0 Å². The molecule has 0 radical (unpaired) electrons. The largest absolute Gasteiger partial charge is 0.513 e. The van der Waals surface area contributed by atoms with E-state index in [2.05, 4.69) is 6.58 Å². The van der Waals surface area contributed by atoms with Crippen LogP contribution in [0.4, 0.5) is 0 Å². The molecule has 0 fully saturated rings. The first-order chi connectivity index (χ1) is 7.76. The molecule has 0 rings (SSSR count). The zero-order valence-corrected chi connectivity index (χ0v) is 11.9. The van der Waals surface area contributed by atoms with Crippen molar-refractivity contribution in [2.75, 3.05) is 0 Å². The lowest BCUT2D eigenvalue weighted by atomic mass is 9.82. The highest BCUT2D eigenvalue weighted by Gasteiger charge is 2.50. The maximum absolute atomic E-state index is 11.8. The Labute approximate surface area is 104 Å². The molecule has 0 saturated carbocycles. The van der Waals surface area contributed by atoms with Crippen LogP contribution in [0.2, 0.25) is 0 Å². The highest BCUT2D eigenvalue weighted by molar-refractivity contribution is 7.53. The van der Waals surface area contributed by atoms with E-state index < -0.39 is 18.7 Å². The van der Waals surface area contributed by atoms with Crippen molar-refractivity contribution in [3.8, 4) is 0 Å². The summed E-state index contributed by atoms with van der Waals surface area (Å²) in [7, 11) is -4.28. The molecule has 4 nitrogen and oxygen atoms in total. The molecular weight excluding hydrogens is 239 g/mol. The minimum Gasteiger partial charge on any atom is -0.513 e. The smallest absolute Gasteiger partial charge is 0.332 e. The van der Waals surface area contributed by atoms with Gasteiger partial charge in [0.1, 0.15) is 0 Å². The minimum atomic E-state index is -4.28. The lowest BCUT2D eigenvalue weighted by molar-refractivity contribution is 0.213. The fraction of sp³-hybridized carbons (Fsp3) is 0.833. The van der Waals surface area contributed by atoms with E-state index in [9.17, 15) is 19.5 Å². The van der Waals surface area contributed by atoms with Gasteiger partial charge < -0.3 is 14.9 Å². The van der Waals surface area contributed by atoms with Gasteiger partial charge in [0.25, 0.3) is 0 Å². The van der Waals surface area contributed by atoms with Crippen LogP contribution in [0.5, 0.6) is 0 Å². The molecule has 17 heavy (non-hydrogen) atoms. The first kappa shape index (κ1) is 16.7. The van der Waals surface area contributed by atoms with E-state index >= 15 is 0 Å². The molecule has 0 aromatic heterocycles. The summed E-state index contributed by atoms with van der Waals surface area (Å²) in [5, 5.41) is 8.49. The first-order valence-electron chi connectivity index (χ1n) is 6.20. The van der Waals surface area contributed by atoms with Crippen molar-refractivity contribution in [1.82, 2.24) is 0 Å². The van der Waals surface area contributed by atoms with Gasteiger partial charge in [-0.25, -0.2) is 0 Å². The Bertz CT molecular complexity index is 291. The zero-order chi connectivity index (χ0) is 13.7. The van der Waals surface area contributed by atoms with E-state index in [1.165, 1.54) is 0 Å². The summed E-state index contributed by atoms with van der Waals surface area (Å²) in [6.45, 7) is 9.01. The Balaban J connectivity index is 5.37. The number of hydrogen-bond donors (Lipinski definition) is 3. The van der Waals surface area contributed by atoms with Crippen molar-refractivity contribution in [1.29, 1.82) is 0 Å². The van der Waals surface area contributed by atoms with Gasteiger partial charge in [0.2, 0.25) is 0 Å². The maximum atomic E-state index is 11.8. The SMILES string of the molecule is C=C(O)C(CCCC)C(CC)(CC)P(=O)(O)O. The lowest BCUT2D eigenvalue weighted by Crippen LogP contribution is -2.37. The third kappa shape index (κ3) is 3.57. The van der Waals surface area contributed by atoms with Crippen LogP contribution in [0.15, 0.2) is 12.3 Å². The second kappa shape index (κ2) is 6.58. The fourth-order valence-electron chi connectivity index (χ4n) is 2.51. The van der Waals surface area contributed by atoms with E-state index in [1.54, 1.807) is 13.8 Å². The molecule has 0 aromatic carbocycles. The van der Waals surface area contributed by atoms with E-state index in [0.29, 0.717) is 19.3 Å². The number of aliphatic hydroxyl groups is 1. The van der Waals surface area contributed by atoms with Gasteiger partial charge in [0.05, 0.1) is 10.9 Å². The Morgan fingerprint density at radius 3 is 2.00 bits per heavy atom. The van der Waals surface area contributed by atoms with Crippen LogP contribution in [0.25, 0.3) is 0 Å². The predicted octanol–water partition coefficient (Wildman–Crippen LogP) is 3.60. The van der Waals surface area contributed by atoms with Crippen molar-refractivity contribution in [2.45, 2.75) is 58.0 Å². The molecule has 3 N–H and O–H groups in total.